The Kier molecular flexibility index (Phi) is 3.63. The van der Waals surface area contributed by atoms with Crippen molar-refractivity contribution in [2.75, 3.05) is 18.6 Å². The Labute approximate surface area is 194 Å². The minimum absolute atomic E-state index is 0.296. The van der Waals surface area contributed by atoms with Crippen LogP contribution in [-0.4, -0.2) is 35.5 Å². The first-order chi connectivity index (χ1) is 16.5. The maximum absolute atomic E-state index is 14.1. The number of furan rings is 1. The summed E-state index contributed by atoms with van der Waals surface area (Å²) in [6.45, 7) is 2.30. The van der Waals surface area contributed by atoms with Crippen LogP contribution in [0.5, 0.6) is 5.75 Å². The molecule has 0 unspecified atom stereocenters. The Morgan fingerprint density at radius 2 is 1.74 bits per heavy atom. The second-order valence-corrected chi connectivity index (χ2v) is 9.04. The first-order valence-electron chi connectivity index (χ1n) is 11.3. The lowest BCUT2D eigenvalue weighted by molar-refractivity contribution is -0.125. The van der Waals surface area contributed by atoms with Gasteiger partial charge in [0.05, 0.1) is 18.5 Å². The van der Waals surface area contributed by atoms with Crippen LogP contribution in [0.4, 0.5) is 10.5 Å². The molecule has 7 heteroatoms. The zero-order chi connectivity index (χ0) is 23.2. The normalized spacial score (nSPS) is 19.9. The zero-order valence-electron chi connectivity index (χ0n) is 18.7. The summed E-state index contributed by atoms with van der Waals surface area (Å²) in [7, 11) is 1.53. The van der Waals surface area contributed by atoms with Gasteiger partial charge in [-0.05, 0) is 37.1 Å². The molecule has 1 saturated heterocycles. The zero-order valence-corrected chi connectivity index (χ0v) is 18.7. The number of hydrogen-bond acceptors (Lipinski definition) is 4. The van der Waals surface area contributed by atoms with Crippen LogP contribution in [0.1, 0.15) is 18.2 Å². The van der Waals surface area contributed by atoms with Gasteiger partial charge in [0.2, 0.25) is 0 Å². The maximum Gasteiger partial charge on any atom is 0.332 e. The van der Waals surface area contributed by atoms with Gasteiger partial charge in [0, 0.05) is 34.3 Å². The number of nitrogens with zero attached hydrogens (tertiary/aromatic N) is 2. The Bertz CT molecular complexity index is 1680. The Morgan fingerprint density at radius 3 is 2.56 bits per heavy atom. The molecule has 0 saturated carbocycles. The molecular weight excluding hydrogens is 430 g/mol. The summed E-state index contributed by atoms with van der Waals surface area (Å²) in [5.74, 6) is 0.115. The Hall–Kier alpha value is -4.26. The minimum Gasteiger partial charge on any atom is -0.494 e. The van der Waals surface area contributed by atoms with E-state index in [4.69, 9.17) is 9.15 Å². The molecule has 1 fully saturated rings. The average molecular weight is 451 g/mol. The molecule has 1 N–H and O–H groups in total. The molecule has 1 atom stereocenters. The number of nitrogens with one attached hydrogen (secondary N) is 1. The molecule has 5 aromatic rings. The first-order valence-corrected chi connectivity index (χ1v) is 11.3. The molecule has 7 rings (SSSR count). The number of rotatable bonds is 2. The van der Waals surface area contributed by atoms with Crippen molar-refractivity contribution in [2.24, 2.45) is 0 Å². The van der Waals surface area contributed by atoms with Crippen LogP contribution in [0.3, 0.4) is 0 Å². The van der Waals surface area contributed by atoms with Crippen molar-refractivity contribution in [3.8, 4) is 5.75 Å². The number of fused-ring (bicyclic) bond motifs is 8. The van der Waals surface area contributed by atoms with Crippen LogP contribution >= 0.6 is 0 Å². The number of benzene rings is 3. The van der Waals surface area contributed by atoms with Crippen LogP contribution in [0.15, 0.2) is 65.1 Å². The standard InChI is InChI=1S/C27H21N3O4/c1-27-24-17(15-7-3-5-9-19(15)28-24)11-12-29(27)26(32)30(25(27)31)20-13-18-16-8-4-6-10-21(16)34-22(18)14-23(20)33-2/h3-10,13-14,28H,11-12H2,1-2H3/t27-/m0/s1. The molecule has 3 amide bonds. The van der Waals surface area contributed by atoms with Gasteiger partial charge in [0.25, 0.3) is 5.91 Å². The van der Waals surface area contributed by atoms with E-state index in [9.17, 15) is 9.59 Å². The predicted octanol–water partition coefficient (Wildman–Crippen LogP) is 5.32. The van der Waals surface area contributed by atoms with E-state index in [-0.39, 0.29) is 11.9 Å². The number of imide groups is 1. The van der Waals surface area contributed by atoms with Gasteiger partial charge in [-0.15, -0.1) is 0 Å². The van der Waals surface area contributed by atoms with E-state index >= 15 is 0 Å². The first kappa shape index (κ1) is 19.2. The molecule has 34 heavy (non-hydrogen) atoms. The van der Waals surface area contributed by atoms with Crippen molar-refractivity contribution >= 4 is 50.5 Å². The molecule has 2 aromatic heterocycles. The third kappa shape index (κ3) is 2.21. The number of hydrogen-bond donors (Lipinski definition) is 1. The highest BCUT2D eigenvalue weighted by Gasteiger charge is 2.59. The molecule has 2 aliphatic rings. The molecule has 3 aromatic carbocycles. The van der Waals surface area contributed by atoms with Gasteiger partial charge in [-0.3, -0.25) is 4.79 Å². The third-order valence-corrected chi connectivity index (χ3v) is 7.39. The average Bonchev–Trinajstić information content (AvgIpc) is 3.47. The Balaban J connectivity index is 1.44. The molecule has 0 spiro atoms. The molecule has 2 aliphatic heterocycles. The molecule has 0 aliphatic carbocycles. The fourth-order valence-corrected chi connectivity index (χ4v) is 5.68. The van der Waals surface area contributed by atoms with E-state index < -0.39 is 5.54 Å². The predicted molar refractivity (Wildman–Crippen MR) is 129 cm³/mol. The number of carbonyl (C=O) groups excluding carboxylic acids is 2. The lowest BCUT2D eigenvalue weighted by atomic mass is 9.87. The fourth-order valence-electron chi connectivity index (χ4n) is 5.68. The number of anilines is 1. The summed E-state index contributed by atoms with van der Waals surface area (Å²) in [4.78, 5) is 34.2. The summed E-state index contributed by atoms with van der Waals surface area (Å²) in [5, 5.41) is 2.84. The van der Waals surface area contributed by atoms with Crippen LogP contribution in [-0.2, 0) is 16.8 Å². The lowest BCUT2D eigenvalue weighted by Gasteiger charge is -2.35. The summed E-state index contributed by atoms with van der Waals surface area (Å²) in [6.07, 6.45) is 0.685. The van der Waals surface area contributed by atoms with E-state index in [1.54, 1.807) is 11.0 Å². The van der Waals surface area contributed by atoms with E-state index in [0.717, 1.165) is 38.5 Å². The summed E-state index contributed by atoms with van der Waals surface area (Å²) in [6, 6.07) is 19.0. The van der Waals surface area contributed by atoms with Crippen LogP contribution < -0.4 is 9.64 Å². The number of methoxy groups -OCH3 is 1. The number of aromatic nitrogens is 1. The summed E-state index contributed by atoms with van der Waals surface area (Å²) >= 11 is 0. The van der Waals surface area contributed by atoms with Gasteiger partial charge < -0.3 is 19.0 Å². The topological polar surface area (TPSA) is 78.8 Å². The van der Waals surface area contributed by atoms with E-state index in [2.05, 4.69) is 11.1 Å². The highest BCUT2D eigenvalue weighted by molar-refractivity contribution is 6.25. The van der Waals surface area contributed by atoms with Gasteiger partial charge in [-0.2, -0.15) is 0 Å². The second-order valence-electron chi connectivity index (χ2n) is 9.04. The number of aromatic amines is 1. The van der Waals surface area contributed by atoms with Crippen LogP contribution in [0.25, 0.3) is 32.8 Å². The van der Waals surface area contributed by atoms with Gasteiger partial charge in [0.15, 0.2) is 5.54 Å². The van der Waals surface area contributed by atoms with E-state index in [1.807, 2.05) is 55.5 Å². The maximum atomic E-state index is 14.1. The van der Waals surface area contributed by atoms with Gasteiger partial charge >= 0.3 is 6.03 Å². The fraction of sp³-hybridized carbons (Fsp3) is 0.185. The smallest absolute Gasteiger partial charge is 0.332 e. The number of amides is 3. The number of para-hydroxylation sites is 2. The van der Waals surface area contributed by atoms with Crippen molar-refractivity contribution in [3.63, 3.8) is 0 Å². The van der Waals surface area contributed by atoms with Crippen molar-refractivity contribution < 1.29 is 18.7 Å². The third-order valence-electron chi connectivity index (χ3n) is 7.39. The van der Waals surface area contributed by atoms with Gasteiger partial charge in [-0.25, -0.2) is 9.69 Å². The van der Waals surface area contributed by atoms with E-state index in [0.29, 0.717) is 30.0 Å². The number of ether oxygens (including phenoxy) is 1. The van der Waals surface area contributed by atoms with Crippen LogP contribution in [0.2, 0.25) is 0 Å². The lowest BCUT2D eigenvalue weighted by Crippen LogP contribution is -2.49. The highest BCUT2D eigenvalue weighted by Crippen LogP contribution is 2.48. The SMILES string of the molecule is COc1cc2oc3ccccc3c2cc1N1C(=O)N2CCc3c([nH]c4ccccc34)[C@@]2(C)C1=O. The second kappa shape index (κ2) is 6.41. The van der Waals surface area contributed by atoms with Gasteiger partial charge in [0.1, 0.15) is 16.9 Å². The molecule has 0 radical (unpaired) electrons. The Morgan fingerprint density at radius 1 is 0.971 bits per heavy atom. The highest BCUT2D eigenvalue weighted by atomic mass is 16.5. The quantitative estimate of drug-likeness (QED) is 0.369. The van der Waals surface area contributed by atoms with Crippen molar-refractivity contribution in [1.29, 1.82) is 0 Å². The van der Waals surface area contributed by atoms with E-state index in [1.165, 1.54) is 12.0 Å². The number of H-pyrrole nitrogens is 1. The number of carbonyl (C=O) groups is 2. The van der Waals surface area contributed by atoms with Crippen molar-refractivity contribution in [2.45, 2.75) is 18.9 Å². The molecular formula is C27H21N3O4. The largest absolute Gasteiger partial charge is 0.494 e. The monoisotopic (exact) mass is 451 g/mol. The van der Waals surface area contributed by atoms with Gasteiger partial charge in [-0.1, -0.05) is 36.4 Å². The van der Waals surface area contributed by atoms with Crippen molar-refractivity contribution in [3.05, 3.63) is 71.9 Å². The van der Waals surface area contributed by atoms with Crippen LogP contribution in [0, 0.1) is 0 Å². The van der Waals surface area contributed by atoms with Crippen molar-refractivity contribution in [1.82, 2.24) is 9.88 Å². The minimum atomic E-state index is -1.12. The molecule has 168 valence electrons. The molecule has 7 nitrogen and oxygen atoms in total. The summed E-state index contributed by atoms with van der Waals surface area (Å²) in [5.41, 5.74) is 3.53. The molecule has 4 heterocycles. The number of urea groups is 1. The molecule has 0 bridgehead atoms. The summed E-state index contributed by atoms with van der Waals surface area (Å²) < 4.78 is 11.6.